The molecular weight excluding hydrogens is 518 g/mol. The number of hydrogen-bond donors (Lipinski definition) is 1. The number of nitrogens with zero attached hydrogens (tertiary/aromatic N) is 1. The van der Waals surface area contributed by atoms with Crippen LogP contribution in [0, 0.1) is 0 Å². The van der Waals surface area contributed by atoms with Crippen LogP contribution in [-0.2, 0) is 21.4 Å². The Balaban J connectivity index is 1.81. The summed E-state index contributed by atoms with van der Waals surface area (Å²) in [6, 6.07) is 19.8. The Hall–Kier alpha value is -4.26. The molecule has 0 radical (unpaired) electrons. The van der Waals surface area contributed by atoms with Gasteiger partial charge in [-0.3, -0.25) is 9.59 Å². The number of amides is 1. The van der Waals surface area contributed by atoms with Gasteiger partial charge in [-0.05, 0) is 66.6 Å². The molecule has 0 aromatic heterocycles. The predicted molar refractivity (Wildman–Crippen MR) is 160 cm³/mol. The summed E-state index contributed by atoms with van der Waals surface area (Å²) in [5.41, 5.74) is 3.18. The molecule has 1 N–H and O–H groups in total. The number of carbonyl (C=O) groups excluding carboxylic acids is 2. The number of aliphatic hydroxyl groups excluding tert-OH is 1. The number of benzene rings is 3. The highest BCUT2D eigenvalue weighted by molar-refractivity contribution is 6.46. The molecule has 1 heterocycles. The smallest absolute Gasteiger partial charge is 0.295 e. The Labute approximate surface area is 242 Å². The maximum Gasteiger partial charge on any atom is 0.295 e. The van der Waals surface area contributed by atoms with Crippen molar-refractivity contribution < 1.29 is 28.9 Å². The van der Waals surface area contributed by atoms with E-state index in [0.29, 0.717) is 43.2 Å². The number of ether oxygens (including phenoxy) is 3. The normalized spacial score (nSPS) is 16.6. The molecule has 216 valence electrons. The number of Topliss-reactive ketones (excluding diaryl/α,β-unsaturated/α-hetero) is 1. The van der Waals surface area contributed by atoms with Gasteiger partial charge in [-0.2, -0.15) is 0 Å². The lowest BCUT2D eigenvalue weighted by atomic mass is 9.85. The van der Waals surface area contributed by atoms with E-state index in [1.165, 1.54) is 0 Å². The van der Waals surface area contributed by atoms with Crippen molar-refractivity contribution >= 4 is 17.4 Å². The number of ketones is 1. The topological polar surface area (TPSA) is 85.3 Å². The van der Waals surface area contributed by atoms with Crippen LogP contribution in [0.2, 0.25) is 0 Å². The van der Waals surface area contributed by atoms with E-state index in [0.717, 1.165) is 22.4 Å². The number of rotatable bonds is 10. The van der Waals surface area contributed by atoms with Gasteiger partial charge < -0.3 is 24.2 Å². The fraction of sp³-hybridized carbons (Fsp3) is 0.353. The van der Waals surface area contributed by atoms with Crippen molar-refractivity contribution in [3.05, 3.63) is 94.6 Å². The quantitative estimate of drug-likeness (QED) is 0.175. The third-order valence-corrected chi connectivity index (χ3v) is 7.25. The summed E-state index contributed by atoms with van der Waals surface area (Å²) in [7, 11) is 1.61. The van der Waals surface area contributed by atoms with Crippen molar-refractivity contribution in [3.8, 4) is 17.2 Å². The van der Waals surface area contributed by atoms with E-state index in [9.17, 15) is 14.7 Å². The largest absolute Gasteiger partial charge is 0.507 e. The van der Waals surface area contributed by atoms with Crippen LogP contribution in [0.4, 0.5) is 0 Å². The van der Waals surface area contributed by atoms with E-state index in [-0.39, 0.29) is 16.7 Å². The van der Waals surface area contributed by atoms with Crippen LogP contribution < -0.4 is 14.2 Å². The minimum absolute atomic E-state index is 0.0401. The zero-order chi connectivity index (χ0) is 29.7. The number of aliphatic hydroxyl groups is 1. The van der Waals surface area contributed by atoms with Crippen LogP contribution in [-0.4, -0.2) is 48.6 Å². The first-order valence-electron chi connectivity index (χ1n) is 14.0. The molecule has 1 atom stereocenters. The fourth-order valence-corrected chi connectivity index (χ4v) is 5.04. The second kappa shape index (κ2) is 12.5. The predicted octanol–water partition coefficient (Wildman–Crippen LogP) is 6.45. The van der Waals surface area contributed by atoms with Crippen LogP contribution in [0.1, 0.15) is 62.9 Å². The summed E-state index contributed by atoms with van der Waals surface area (Å²) in [4.78, 5) is 28.6. The molecule has 7 heteroatoms. The summed E-state index contributed by atoms with van der Waals surface area (Å²) in [5.74, 6) is 0.0663. The number of hydrogen-bond acceptors (Lipinski definition) is 6. The minimum Gasteiger partial charge on any atom is -0.507 e. The lowest BCUT2D eigenvalue weighted by Crippen LogP contribution is -2.31. The molecule has 1 unspecified atom stereocenters. The fourth-order valence-electron chi connectivity index (χ4n) is 5.04. The Morgan fingerprint density at radius 2 is 1.51 bits per heavy atom. The Morgan fingerprint density at radius 3 is 2.10 bits per heavy atom. The second-order valence-corrected chi connectivity index (χ2v) is 11.0. The van der Waals surface area contributed by atoms with Gasteiger partial charge in [0.15, 0.2) is 0 Å². The average Bonchev–Trinajstić information content (AvgIpc) is 3.21. The first kappa shape index (κ1) is 29.7. The van der Waals surface area contributed by atoms with Gasteiger partial charge in [-0.1, -0.05) is 57.2 Å². The number of carbonyl (C=O) groups is 2. The Kier molecular flexibility index (Phi) is 9.06. The van der Waals surface area contributed by atoms with Crippen LogP contribution >= 0.6 is 0 Å². The zero-order valence-corrected chi connectivity index (χ0v) is 24.7. The summed E-state index contributed by atoms with van der Waals surface area (Å²) < 4.78 is 16.7. The molecule has 1 saturated heterocycles. The third-order valence-electron chi connectivity index (χ3n) is 7.25. The maximum atomic E-state index is 13.6. The first-order chi connectivity index (χ1) is 19.6. The summed E-state index contributed by atoms with van der Waals surface area (Å²) >= 11 is 0. The van der Waals surface area contributed by atoms with Gasteiger partial charge in [0.2, 0.25) is 0 Å². The Bertz CT molecular complexity index is 1420. The average molecular weight is 558 g/mol. The van der Waals surface area contributed by atoms with Gasteiger partial charge in [-0.25, -0.2) is 0 Å². The third kappa shape index (κ3) is 6.40. The van der Waals surface area contributed by atoms with Crippen molar-refractivity contribution in [2.24, 2.45) is 0 Å². The lowest BCUT2D eigenvalue weighted by molar-refractivity contribution is -0.139. The summed E-state index contributed by atoms with van der Waals surface area (Å²) in [5, 5.41) is 11.7. The van der Waals surface area contributed by atoms with Crippen molar-refractivity contribution in [3.63, 3.8) is 0 Å². The standard InChI is InChI=1S/C34H39NO6/c1-7-40-26-17-18-27(28(21-26)41-8-2)31(36)29-30(23-11-13-24(14-12-23)34(3,4)5)35(33(38)32(29)37)20-19-22-9-15-25(39-6)16-10-22/h9-18,21,30,36H,7-8,19-20H2,1-6H3/b31-29-. The number of methoxy groups -OCH3 is 1. The summed E-state index contributed by atoms with van der Waals surface area (Å²) in [6.45, 7) is 11.2. The molecule has 7 nitrogen and oxygen atoms in total. The molecule has 0 saturated carbocycles. The van der Waals surface area contributed by atoms with Gasteiger partial charge >= 0.3 is 0 Å². The van der Waals surface area contributed by atoms with Crippen molar-refractivity contribution in [1.29, 1.82) is 0 Å². The lowest BCUT2D eigenvalue weighted by Gasteiger charge is -2.27. The molecule has 1 fully saturated rings. The molecule has 0 spiro atoms. The molecule has 41 heavy (non-hydrogen) atoms. The van der Waals surface area contributed by atoms with Crippen LogP contribution in [0.25, 0.3) is 5.76 Å². The summed E-state index contributed by atoms with van der Waals surface area (Å²) in [6.07, 6.45) is 0.529. The second-order valence-electron chi connectivity index (χ2n) is 11.0. The van der Waals surface area contributed by atoms with E-state index < -0.39 is 17.7 Å². The van der Waals surface area contributed by atoms with E-state index in [1.807, 2.05) is 62.4 Å². The molecule has 1 aliphatic heterocycles. The molecular formula is C34H39NO6. The molecule has 0 bridgehead atoms. The SMILES string of the molecule is CCOc1ccc(/C(O)=C2/C(=O)C(=O)N(CCc3ccc(OC)cc3)C2c2ccc(C(C)(C)C)cc2)c(OCC)c1. The van der Waals surface area contributed by atoms with Gasteiger partial charge in [0.25, 0.3) is 11.7 Å². The Morgan fingerprint density at radius 1 is 0.878 bits per heavy atom. The monoisotopic (exact) mass is 557 g/mol. The van der Waals surface area contributed by atoms with E-state index >= 15 is 0 Å². The molecule has 4 rings (SSSR count). The zero-order valence-electron chi connectivity index (χ0n) is 24.7. The molecule has 3 aromatic rings. The van der Waals surface area contributed by atoms with Crippen molar-refractivity contribution in [2.75, 3.05) is 26.9 Å². The van der Waals surface area contributed by atoms with E-state index in [2.05, 4.69) is 20.8 Å². The van der Waals surface area contributed by atoms with Crippen molar-refractivity contribution in [2.45, 2.75) is 52.5 Å². The highest BCUT2D eigenvalue weighted by Gasteiger charge is 2.46. The highest BCUT2D eigenvalue weighted by Crippen LogP contribution is 2.42. The molecule has 1 amide bonds. The highest BCUT2D eigenvalue weighted by atomic mass is 16.5. The first-order valence-corrected chi connectivity index (χ1v) is 14.0. The van der Waals surface area contributed by atoms with Crippen LogP contribution in [0.5, 0.6) is 17.2 Å². The van der Waals surface area contributed by atoms with Crippen LogP contribution in [0.3, 0.4) is 0 Å². The van der Waals surface area contributed by atoms with Crippen molar-refractivity contribution in [1.82, 2.24) is 4.90 Å². The molecule has 1 aliphatic rings. The molecule has 3 aromatic carbocycles. The van der Waals surface area contributed by atoms with Gasteiger partial charge in [0.05, 0.1) is 37.5 Å². The maximum absolute atomic E-state index is 13.6. The van der Waals surface area contributed by atoms with Gasteiger partial charge in [0.1, 0.15) is 23.0 Å². The van der Waals surface area contributed by atoms with E-state index in [1.54, 1.807) is 30.2 Å². The van der Waals surface area contributed by atoms with Gasteiger partial charge in [-0.15, -0.1) is 0 Å². The molecule has 0 aliphatic carbocycles. The number of likely N-dealkylation sites (tertiary alicyclic amines) is 1. The minimum atomic E-state index is -0.761. The van der Waals surface area contributed by atoms with Crippen LogP contribution in [0.15, 0.2) is 72.3 Å². The van der Waals surface area contributed by atoms with E-state index in [4.69, 9.17) is 14.2 Å². The van der Waals surface area contributed by atoms with Gasteiger partial charge in [0, 0.05) is 12.6 Å².